The number of methoxy groups -OCH3 is 1. The fraction of sp³-hybridized carbons (Fsp3) is 0.421. The molecular weight excluding hydrogens is 380 g/mol. The minimum absolute atomic E-state index is 0.274. The van der Waals surface area contributed by atoms with Gasteiger partial charge in [-0.15, -0.1) is 0 Å². The Hall–Kier alpha value is -2.52. The van der Waals surface area contributed by atoms with Gasteiger partial charge in [0.05, 0.1) is 35.9 Å². The molecule has 0 radical (unpaired) electrons. The van der Waals surface area contributed by atoms with Crippen molar-refractivity contribution in [1.29, 1.82) is 0 Å². The van der Waals surface area contributed by atoms with Crippen LogP contribution in [0, 0.1) is 0 Å². The Morgan fingerprint density at radius 3 is 2.89 bits per heavy atom. The van der Waals surface area contributed by atoms with Crippen molar-refractivity contribution in [3.8, 4) is 0 Å². The number of aromatic nitrogens is 2. The van der Waals surface area contributed by atoms with E-state index in [0.29, 0.717) is 30.2 Å². The number of rotatable bonds is 8. The number of urea groups is 1. The number of para-hydroxylation sites is 2. The maximum Gasteiger partial charge on any atom is 0.337 e. The average molecular weight is 404 g/mol. The summed E-state index contributed by atoms with van der Waals surface area (Å²) in [7, 11) is 1.66. The van der Waals surface area contributed by atoms with Gasteiger partial charge in [-0.3, -0.25) is 0 Å². The molecule has 0 bridgehead atoms. The standard InChI is InChI=1S/C19H24N4O4S/c1-4-27-17(24)16-12(2)20-18(25)21-14(16)11-28-19-22-13-7-5-6-8-15(13)23(19)9-10-26-3/h5-8,12H,4,9-11H2,1-3H3,(H2,20,21,25)/t12-/m0/s1. The van der Waals surface area contributed by atoms with Crippen LogP contribution in [0.2, 0.25) is 0 Å². The Morgan fingerprint density at radius 1 is 1.36 bits per heavy atom. The average Bonchev–Trinajstić information content (AvgIpc) is 3.01. The summed E-state index contributed by atoms with van der Waals surface area (Å²) in [4.78, 5) is 29.0. The molecule has 150 valence electrons. The lowest BCUT2D eigenvalue weighted by Gasteiger charge is -2.26. The zero-order valence-electron chi connectivity index (χ0n) is 16.2. The number of esters is 1. The summed E-state index contributed by atoms with van der Waals surface area (Å²) in [5, 5.41) is 6.25. The fourth-order valence-corrected chi connectivity index (χ4v) is 4.10. The number of carbonyl (C=O) groups is 2. The van der Waals surface area contributed by atoms with Crippen molar-refractivity contribution in [2.45, 2.75) is 31.6 Å². The first kappa shape index (κ1) is 20.2. The van der Waals surface area contributed by atoms with Gasteiger partial charge in [0.1, 0.15) is 0 Å². The van der Waals surface area contributed by atoms with Gasteiger partial charge in [-0.2, -0.15) is 0 Å². The molecule has 1 aliphatic rings. The van der Waals surface area contributed by atoms with Crippen molar-refractivity contribution < 1.29 is 19.1 Å². The van der Waals surface area contributed by atoms with Crippen LogP contribution in [0.15, 0.2) is 40.7 Å². The van der Waals surface area contributed by atoms with Crippen LogP contribution in [0.4, 0.5) is 4.79 Å². The normalized spacial score (nSPS) is 16.8. The third-order valence-corrected chi connectivity index (χ3v) is 5.35. The molecule has 1 aromatic heterocycles. The molecule has 0 fully saturated rings. The van der Waals surface area contributed by atoms with Gasteiger partial charge < -0.3 is 24.7 Å². The second-order valence-electron chi connectivity index (χ2n) is 6.25. The summed E-state index contributed by atoms with van der Waals surface area (Å²) in [6.07, 6.45) is 0. The predicted molar refractivity (Wildman–Crippen MR) is 107 cm³/mol. The largest absolute Gasteiger partial charge is 0.463 e. The molecule has 9 heteroatoms. The minimum Gasteiger partial charge on any atom is -0.463 e. The summed E-state index contributed by atoms with van der Waals surface area (Å²) in [6.45, 7) is 5.01. The van der Waals surface area contributed by atoms with E-state index in [1.165, 1.54) is 11.8 Å². The number of ether oxygens (including phenoxy) is 2. The molecule has 0 saturated carbocycles. The molecule has 2 heterocycles. The molecule has 3 rings (SSSR count). The van der Waals surface area contributed by atoms with Crippen LogP contribution in [-0.2, 0) is 20.8 Å². The SMILES string of the molecule is CCOC(=O)C1=C(CSc2nc3ccccc3n2CCOC)NC(=O)N[C@H]1C. The fourth-order valence-electron chi connectivity index (χ4n) is 3.09. The molecule has 2 N–H and O–H groups in total. The van der Waals surface area contributed by atoms with Crippen LogP contribution in [0.25, 0.3) is 11.0 Å². The maximum atomic E-state index is 12.4. The quantitative estimate of drug-likeness (QED) is 0.518. The Morgan fingerprint density at radius 2 is 2.14 bits per heavy atom. The molecule has 2 aromatic rings. The van der Waals surface area contributed by atoms with E-state index in [1.807, 2.05) is 24.3 Å². The molecule has 2 amide bonds. The van der Waals surface area contributed by atoms with Gasteiger partial charge in [0, 0.05) is 25.1 Å². The number of thioether (sulfide) groups is 1. The van der Waals surface area contributed by atoms with E-state index in [2.05, 4.69) is 15.2 Å². The lowest BCUT2D eigenvalue weighted by Crippen LogP contribution is -2.49. The number of carbonyl (C=O) groups excluding carboxylic acids is 2. The number of hydrogen-bond donors (Lipinski definition) is 2. The van der Waals surface area contributed by atoms with Crippen molar-refractivity contribution in [2.75, 3.05) is 26.1 Å². The van der Waals surface area contributed by atoms with Crippen LogP contribution in [0.1, 0.15) is 13.8 Å². The van der Waals surface area contributed by atoms with Gasteiger partial charge in [0.15, 0.2) is 5.16 Å². The Balaban J connectivity index is 1.89. The highest BCUT2D eigenvalue weighted by Gasteiger charge is 2.30. The molecule has 28 heavy (non-hydrogen) atoms. The highest BCUT2D eigenvalue weighted by Crippen LogP contribution is 2.27. The highest BCUT2D eigenvalue weighted by atomic mass is 32.2. The van der Waals surface area contributed by atoms with Gasteiger partial charge in [-0.25, -0.2) is 14.6 Å². The number of benzene rings is 1. The molecule has 0 saturated heterocycles. The van der Waals surface area contributed by atoms with E-state index in [4.69, 9.17) is 14.5 Å². The van der Waals surface area contributed by atoms with Gasteiger partial charge in [-0.1, -0.05) is 23.9 Å². The summed E-state index contributed by atoms with van der Waals surface area (Å²) in [5.74, 6) is -0.0339. The molecular formula is C19H24N4O4S. The monoisotopic (exact) mass is 404 g/mol. The van der Waals surface area contributed by atoms with Crippen LogP contribution in [0.5, 0.6) is 0 Å². The van der Waals surface area contributed by atoms with Crippen molar-refractivity contribution >= 4 is 34.8 Å². The maximum absolute atomic E-state index is 12.4. The lowest BCUT2D eigenvalue weighted by atomic mass is 10.1. The molecule has 0 aliphatic carbocycles. The first-order valence-corrected chi connectivity index (χ1v) is 10.1. The van der Waals surface area contributed by atoms with Crippen molar-refractivity contribution in [1.82, 2.24) is 20.2 Å². The van der Waals surface area contributed by atoms with Gasteiger partial charge in [-0.05, 0) is 26.0 Å². The molecule has 1 aromatic carbocycles. The number of nitrogens with one attached hydrogen (secondary N) is 2. The first-order chi connectivity index (χ1) is 13.5. The smallest absolute Gasteiger partial charge is 0.337 e. The van der Waals surface area contributed by atoms with Crippen LogP contribution < -0.4 is 10.6 Å². The predicted octanol–water partition coefficient (Wildman–Crippen LogP) is 2.29. The van der Waals surface area contributed by atoms with E-state index in [-0.39, 0.29) is 12.6 Å². The van der Waals surface area contributed by atoms with Crippen molar-refractivity contribution in [2.24, 2.45) is 0 Å². The van der Waals surface area contributed by atoms with Crippen molar-refractivity contribution in [3.63, 3.8) is 0 Å². The van der Waals surface area contributed by atoms with Gasteiger partial charge >= 0.3 is 12.0 Å². The zero-order valence-corrected chi connectivity index (χ0v) is 17.0. The molecule has 1 aliphatic heterocycles. The van der Waals surface area contributed by atoms with E-state index < -0.39 is 12.0 Å². The summed E-state index contributed by atoms with van der Waals surface area (Å²) in [5.41, 5.74) is 2.89. The van der Waals surface area contributed by atoms with E-state index >= 15 is 0 Å². The van der Waals surface area contributed by atoms with Gasteiger partial charge in [0.25, 0.3) is 0 Å². The van der Waals surface area contributed by atoms with E-state index in [1.54, 1.807) is 21.0 Å². The second kappa shape index (κ2) is 9.11. The third-order valence-electron chi connectivity index (χ3n) is 4.35. The Bertz CT molecular complexity index is 908. The van der Waals surface area contributed by atoms with Crippen LogP contribution in [-0.4, -0.2) is 53.7 Å². The molecule has 1 atom stereocenters. The summed E-state index contributed by atoms with van der Waals surface area (Å²) in [6, 6.07) is 7.14. The molecule has 8 nitrogen and oxygen atoms in total. The third kappa shape index (κ3) is 4.31. The number of imidazole rings is 1. The first-order valence-electron chi connectivity index (χ1n) is 9.09. The summed E-state index contributed by atoms with van der Waals surface area (Å²) >= 11 is 1.46. The Kier molecular flexibility index (Phi) is 6.58. The summed E-state index contributed by atoms with van der Waals surface area (Å²) < 4.78 is 12.5. The van der Waals surface area contributed by atoms with E-state index in [0.717, 1.165) is 16.2 Å². The topological polar surface area (TPSA) is 94.5 Å². The second-order valence-corrected chi connectivity index (χ2v) is 7.19. The zero-order chi connectivity index (χ0) is 20.1. The van der Waals surface area contributed by atoms with E-state index in [9.17, 15) is 9.59 Å². The van der Waals surface area contributed by atoms with Crippen LogP contribution >= 0.6 is 11.8 Å². The highest BCUT2D eigenvalue weighted by molar-refractivity contribution is 7.99. The number of nitrogens with zero attached hydrogens (tertiary/aromatic N) is 2. The number of hydrogen-bond acceptors (Lipinski definition) is 6. The Labute approximate surface area is 167 Å². The van der Waals surface area contributed by atoms with Gasteiger partial charge in [0.2, 0.25) is 0 Å². The lowest BCUT2D eigenvalue weighted by molar-refractivity contribution is -0.138. The number of amides is 2. The molecule has 0 unspecified atom stereocenters. The minimum atomic E-state index is -0.425. The number of fused-ring (bicyclic) bond motifs is 1. The van der Waals surface area contributed by atoms with Crippen LogP contribution in [0.3, 0.4) is 0 Å². The van der Waals surface area contributed by atoms with Crippen molar-refractivity contribution in [3.05, 3.63) is 35.5 Å². The molecule has 0 spiro atoms.